The Morgan fingerprint density at radius 2 is 0.549 bits per heavy atom. The van der Waals surface area contributed by atoms with Crippen molar-refractivity contribution < 1.29 is 28.6 Å². The second kappa shape index (κ2) is 59.4. The van der Waals surface area contributed by atoms with E-state index in [0.717, 1.165) is 103 Å². The molecule has 0 N–H and O–H groups in total. The van der Waals surface area contributed by atoms with Crippen LogP contribution in [-0.2, 0) is 28.6 Å². The fraction of sp³-hybridized carbons (Fsp3) is 0.769. The summed E-state index contributed by atoms with van der Waals surface area (Å²) in [6.45, 7) is 6.53. The summed E-state index contributed by atoms with van der Waals surface area (Å²) in [5.74, 6) is -0.914. The van der Waals surface area contributed by atoms with E-state index in [1.165, 1.54) is 161 Å². The normalized spacial score (nSPS) is 12.5. The van der Waals surface area contributed by atoms with E-state index in [-0.39, 0.29) is 31.1 Å². The Labute approximate surface area is 440 Å². The second-order valence-corrected chi connectivity index (χ2v) is 20.2. The molecule has 0 aliphatic heterocycles. The standard InChI is InChI=1S/C65H114O6/c1-4-7-10-13-16-19-22-25-28-31-33-35-37-40-43-46-49-52-55-58-64(67)70-61-62(60-69-63(66)57-54-51-48-45-42-39-36-30-27-24-21-18-15-12-9-6-3)71-65(68)59-56-53-50-47-44-41-38-34-32-29-26-23-20-17-14-11-8-5-2/h7,10,16,19,25,28,30,33,35-36,40,43,62H,4-6,8-9,11-15,17-18,20-24,26-27,29,31-32,34,37-39,41-42,44-61H2,1-3H3/b10-7-,19-16-,28-25-,35-33-,36-30-,43-40-/t62-/m1/s1. The molecule has 0 fully saturated rings. The molecule has 0 aliphatic carbocycles. The molecule has 0 aliphatic rings. The van der Waals surface area contributed by atoms with Gasteiger partial charge in [0.25, 0.3) is 0 Å². The van der Waals surface area contributed by atoms with E-state index in [4.69, 9.17) is 14.2 Å². The molecule has 0 saturated heterocycles. The van der Waals surface area contributed by atoms with Crippen LogP contribution in [0.5, 0.6) is 0 Å². The van der Waals surface area contributed by atoms with Gasteiger partial charge in [0, 0.05) is 19.3 Å². The van der Waals surface area contributed by atoms with Crippen molar-refractivity contribution in [3.8, 4) is 0 Å². The fourth-order valence-electron chi connectivity index (χ4n) is 8.64. The van der Waals surface area contributed by atoms with Crippen LogP contribution in [0.15, 0.2) is 72.9 Å². The first kappa shape index (κ1) is 67.8. The van der Waals surface area contributed by atoms with E-state index < -0.39 is 6.10 Å². The summed E-state index contributed by atoms with van der Waals surface area (Å²) in [5, 5.41) is 0. The van der Waals surface area contributed by atoms with Crippen LogP contribution in [0.3, 0.4) is 0 Å². The van der Waals surface area contributed by atoms with Crippen molar-refractivity contribution in [1.29, 1.82) is 0 Å². The molecule has 0 aromatic heterocycles. The highest BCUT2D eigenvalue weighted by molar-refractivity contribution is 5.71. The first-order valence-corrected chi connectivity index (χ1v) is 30.4. The van der Waals surface area contributed by atoms with Gasteiger partial charge in [0.1, 0.15) is 13.2 Å². The third kappa shape index (κ3) is 57.6. The first-order valence-electron chi connectivity index (χ1n) is 30.4. The van der Waals surface area contributed by atoms with Crippen LogP contribution >= 0.6 is 0 Å². The number of carbonyl (C=O) groups is 3. The lowest BCUT2D eigenvalue weighted by atomic mass is 10.0. The summed E-state index contributed by atoms with van der Waals surface area (Å²) in [6.07, 6.45) is 76.1. The van der Waals surface area contributed by atoms with E-state index in [0.29, 0.717) is 19.3 Å². The van der Waals surface area contributed by atoms with Crippen molar-refractivity contribution in [2.45, 2.75) is 309 Å². The lowest BCUT2D eigenvalue weighted by molar-refractivity contribution is -0.167. The number of esters is 3. The predicted octanol–water partition coefficient (Wildman–Crippen LogP) is 20.5. The smallest absolute Gasteiger partial charge is 0.306 e. The van der Waals surface area contributed by atoms with Crippen LogP contribution < -0.4 is 0 Å². The van der Waals surface area contributed by atoms with Gasteiger partial charge in [-0.15, -0.1) is 0 Å². The zero-order chi connectivity index (χ0) is 51.4. The lowest BCUT2D eigenvalue weighted by Crippen LogP contribution is -2.30. The minimum absolute atomic E-state index is 0.0879. The van der Waals surface area contributed by atoms with Gasteiger partial charge in [0.2, 0.25) is 0 Å². The number of rotatable bonds is 55. The van der Waals surface area contributed by atoms with Crippen molar-refractivity contribution in [3.05, 3.63) is 72.9 Å². The van der Waals surface area contributed by atoms with Crippen molar-refractivity contribution in [2.24, 2.45) is 0 Å². The van der Waals surface area contributed by atoms with Gasteiger partial charge in [-0.2, -0.15) is 0 Å². The maximum Gasteiger partial charge on any atom is 0.306 e. The molecule has 6 nitrogen and oxygen atoms in total. The Bertz CT molecular complexity index is 1320. The van der Waals surface area contributed by atoms with Gasteiger partial charge in [-0.3, -0.25) is 14.4 Å². The molecular weight excluding hydrogens is 877 g/mol. The molecule has 0 spiro atoms. The van der Waals surface area contributed by atoms with Gasteiger partial charge in [-0.05, 0) is 89.9 Å². The van der Waals surface area contributed by atoms with Gasteiger partial charge in [0.05, 0.1) is 0 Å². The van der Waals surface area contributed by atoms with Crippen LogP contribution in [-0.4, -0.2) is 37.2 Å². The van der Waals surface area contributed by atoms with Crippen LogP contribution in [0.1, 0.15) is 303 Å². The summed E-state index contributed by atoms with van der Waals surface area (Å²) in [6, 6.07) is 0. The SMILES string of the molecule is CC/C=C\C/C=C\C/C=C\C/C=C\C/C=C\CCCCCC(=O)OC[C@@H](COC(=O)CCCCCCC/C=C\CCCCCCCCC)OC(=O)CCCCCCCCCCCCCCCCCCCC. The monoisotopic (exact) mass is 991 g/mol. The Kier molecular flexibility index (Phi) is 56.8. The van der Waals surface area contributed by atoms with Gasteiger partial charge >= 0.3 is 17.9 Å². The quantitative estimate of drug-likeness (QED) is 0.0261. The van der Waals surface area contributed by atoms with Gasteiger partial charge in [-0.1, -0.05) is 267 Å². The highest BCUT2D eigenvalue weighted by atomic mass is 16.6. The summed E-state index contributed by atoms with van der Waals surface area (Å²) >= 11 is 0. The number of carbonyl (C=O) groups excluding carboxylic acids is 3. The Hall–Kier alpha value is -3.15. The zero-order valence-corrected chi connectivity index (χ0v) is 47.0. The molecule has 0 aromatic rings. The van der Waals surface area contributed by atoms with Crippen LogP contribution in [0, 0.1) is 0 Å². The van der Waals surface area contributed by atoms with Crippen LogP contribution in [0.25, 0.3) is 0 Å². The molecule has 410 valence electrons. The minimum atomic E-state index is -0.792. The third-order valence-corrected chi connectivity index (χ3v) is 13.2. The lowest BCUT2D eigenvalue weighted by Gasteiger charge is -2.18. The number of unbranched alkanes of at least 4 members (excludes halogenated alkanes) is 32. The topological polar surface area (TPSA) is 78.9 Å². The molecule has 0 bridgehead atoms. The predicted molar refractivity (Wildman–Crippen MR) is 307 cm³/mol. The van der Waals surface area contributed by atoms with E-state index in [9.17, 15) is 14.4 Å². The second-order valence-electron chi connectivity index (χ2n) is 20.2. The highest BCUT2D eigenvalue weighted by Gasteiger charge is 2.19. The number of hydrogen-bond acceptors (Lipinski definition) is 6. The van der Waals surface area contributed by atoms with Gasteiger partial charge < -0.3 is 14.2 Å². The average molecular weight is 992 g/mol. The van der Waals surface area contributed by atoms with Crippen molar-refractivity contribution in [2.75, 3.05) is 13.2 Å². The number of hydrogen-bond donors (Lipinski definition) is 0. The fourth-order valence-corrected chi connectivity index (χ4v) is 8.64. The molecule has 0 saturated carbocycles. The van der Waals surface area contributed by atoms with E-state index in [1.54, 1.807) is 0 Å². The summed E-state index contributed by atoms with van der Waals surface area (Å²) in [7, 11) is 0. The van der Waals surface area contributed by atoms with E-state index >= 15 is 0 Å². The van der Waals surface area contributed by atoms with Crippen molar-refractivity contribution in [3.63, 3.8) is 0 Å². The molecule has 6 heteroatoms. The minimum Gasteiger partial charge on any atom is -0.462 e. The maximum atomic E-state index is 12.9. The molecule has 0 amide bonds. The largest absolute Gasteiger partial charge is 0.462 e. The third-order valence-electron chi connectivity index (χ3n) is 13.2. The molecule has 0 unspecified atom stereocenters. The molecular formula is C65H114O6. The van der Waals surface area contributed by atoms with Gasteiger partial charge in [0.15, 0.2) is 6.10 Å². The molecule has 0 radical (unpaired) electrons. The van der Waals surface area contributed by atoms with E-state index in [1.807, 2.05) is 0 Å². The number of ether oxygens (including phenoxy) is 3. The molecule has 0 aromatic carbocycles. The zero-order valence-electron chi connectivity index (χ0n) is 47.0. The van der Waals surface area contributed by atoms with Crippen LogP contribution in [0.2, 0.25) is 0 Å². The summed E-state index contributed by atoms with van der Waals surface area (Å²) < 4.78 is 16.9. The average Bonchev–Trinajstić information content (AvgIpc) is 3.37. The van der Waals surface area contributed by atoms with Crippen LogP contribution in [0.4, 0.5) is 0 Å². The molecule has 1 atom stereocenters. The molecule has 0 heterocycles. The Morgan fingerprint density at radius 1 is 0.296 bits per heavy atom. The number of allylic oxidation sites excluding steroid dienone is 12. The Morgan fingerprint density at radius 3 is 0.887 bits per heavy atom. The maximum absolute atomic E-state index is 12.9. The van der Waals surface area contributed by atoms with E-state index in [2.05, 4.69) is 93.7 Å². The Balaban J connectivity index is 4.43. The van der Waals surface area contributed by atoms with Crippen molar-refractivity contribution in [1.82, 2.24) is 0 Å². The summed E-state index contributed by atoms with van der Waals surface area (Å²) in [4.78, 5) is 38.2. The molecule has 0 rings (SSSR count). The van der Waals surface area contributed by atoms with Crippen molar-refractivity contribution >= 4 is 17.9 Å². The highest BCUT2D eigenvalue weighted by Crippen LogP contribution is 2.16. The first-order chi connectivity index (χ1) is 35.0. The summed E-state index contributed by atoms with van der Waals surface area (Å²) in [5.41, 5.74) is 0. The molecule has 71 heavy (non-hydrogen) atoms. The van der Waals surface area contributed by atoms with Gasteiger partial charge in [-0.25, -0.2) is 0 Å².